The zero-order chi connectivity index (χ0) is 7.98. The quantitative estimate of drug-likeness (QED) is 0.586. The molecule has 0 aromatic rings. The molecule has 5 heteroatoms. The number of rotatable bonds is 3. The molecule has 0 fully saturated rings. The number of hydrogen-bond donors (Lipinski definition) is 0. The summed E-state index contributed by atoms with van der Waals surface area (Å²) in [5, 5.41) is 8.28. The summed E-state index contributed by atoms with van der Waals surface area (Å²) >= 11 is 0. The Morgan fingerprint density at radius 2 is 2.40 bits per heavy atom. The van der Waals surface area contributed by atoms with Gasteiger partial charge in [-0.05, 0) is 6.92 Å². The fraction of sp³-hybridized carbons (Fsp3) is 0.600. The fourth-order valence-corrected chi connectivity index (χ4v) is 0.929. The Labute approximate surface area is 60.7 Å². The van der Waals surface area contributed by atoms with Crippen LogP contribution >= 0.6 is 8.38 Å². The molecule has 0 spiro atoms. The molecule has 0 aliphatic carbocycles. The second-order valence-corrected chi connectivity index (χ2v) is 2.51. The first-order chi connectivity index (χ1) is 4.70. The minimum atomic E-state index is -1.64. The average Bonchev–Trinajstić information content (AvgIpc) is 1.86. The summed E-state index contributed by atoms with van der Waals surface area (Å²) in [5.74, 6) is 1.25. The molecule has 0 heterocycles. The van der Waals surface area contributed by atoms with Gasteiger partial charge in [-0.15, -0.1) is 0 Å². The van der Waals surface area contributed by atoms with Crippen LogP contribution in [0.25, 0.3) is 0 Å². The van der Waals surface area contributed by atoms with Crippen LogP contribution in [0.5, 0.6) is 0 Å². The lowest BCUT2D eigenvalue weighted by atomic mass is 10.9. The van der Waals surface area contributed by atoms with Crippen LogP contribution < -0.4 is 0 Å². The van der Waals surface area contributed by atoms with E-state index in [9.17, 15) is 4.79 Å². The molecule has 0 bridgehead atoms. The van der Waals surface area contributed by atoms with Crippen molar-refractivity contribution in [2.24, 2.45) is 0 Å². The highest BCUT2D eigenvalue weighted by atomic mass is 31.2. The van der Waals surface area contributed by atoms with Gasteiger partial charge in [-0.25, -0.2) is 0 Å². The van der Waals surface area contributed by atoms with Crippen LogP contribution in [0.2, 0.25) is 0 Å². The predicted molar refractivity (Wildman–Crippen MR) is 35.9 cm³/mol. The lowest BCUT2D eigenvalue weighted by Gasteiger charge is -2.04. The van der Waals surface area contributed by atoms with Crippen LogP contribution in [0.15, 0.2) is 0 Å². The molecule has 1 unspecified atom stereocenters. The monoisotopic (exact) mass is 161 g/mol. The molecule has 0 amide bonds. The summed E-state index contributed by atoms with van der Waals surface area (Å²) in [5.41, 5.74) is 0. The standard InChI is InChI=1S/C5H8NO3P/c1-3-8-10(4-6)9-5(2)7/h3H2,1-2H3. The molecule has 10 heavy (non-hydrogen) atoms. The normalized spacial score (nSPS) is 11.7. The van der Waals surface area contributed by atoms with Crippen molar-refractivity contribution in [3.8, 4) is 5.81 Å². The summed E-state index contributed by atoms with van der Waals surface area (Å²) in [7, 11) is -1.64. The topological polar surface area (TPSA) is 59.3 Å². The predicted octanol–water partition coefficient (Wildman–Crippen LogP) is 1.38. The lowest BCUT2D eigenvalue weighted by Crippen LogP contribution is -1.94. The van der Waals surface area contributed by atoms with Gasteiger partial charge in [-0.3, -0.25) is 4.79 Å². The number of hydrogen-bond acceptors (Lipinski definition) is 4. The van der Waals surface area contributed by atoms with Crippen LogP contribution in [-0.2, 0) is 13.8 Å². The molecular formula is C5H8NO3P. The molecule has 0 aliphatic rings. The van der Waals surface area contributed by atoms with E-state index in [1.54, 1.807) is 12.7 Å². The van der Waals surface area contributed by atoms with Gasteiger partial charge in [0.1, 0.15) is 0 Å². The maximum absolute atomic E-state index is 10.3. The molecule has 56 valence electrons. The molecule has 0 aromatic carbocycles. The highest BCUT2D eigenvalue weighted by Crippen LogP contribution is 2.35. The molecule has 0 saturated heterocycles. The molecule has 0 aliphatic heterocycles. The van der Waals surface area contributed by atoms with Gasteiger partial charge in [-0.1, -0.05) is 0 Å². The van der Waals surface area contributed by atoms with Crippen molar-refractivity contribution >= 4 is 14.3 Å². The van der Waals surface area contributed by atoms with E-state index in [2.05, 4.69) is 4.52 Å². The van der Waals surface area contributed by atoms with Crippen molar-refractivity contribution in [1.82, 2.24) is 0 Å². The van der Waals surface area contributed by atoms with Crippen LogP contribution in [0.4, 0.5) is 0 Å². The first-order valence-electron chi connectivity index (χ1n) is 2.72. The van der Waals surface area contributed by atoms with E-state index in [0.29, 0.717) is 6.61 Å². The van der Waals surface area contributed by atoms with Crippen molar-refractivity contribution in [2.75, 3.05) is 6.61 Å². The first kappa shape index (κ1) is 9.35. The molecule has 0 aromatic heterocycles. The van der Waals surface area contributed by atoms with Crippen molar-refractivity contribution in [3.63, 3.8) is 0 Å². The largest absolute Gasteiger partial charge is 0.405 e. The fourth-order valence-electron chi connectivity index (χ4n) is 0.310. The highest BCUT2D eigenvalue weighted by Gasteiger charge is 2.10. The van der Waals surface area contributed by atoms with Gasteiger partial charge in [0, 0.05) is 6.92 Å². The van der Waals surface area contributed by atoms with E-state index in [4.69, 9.17) is 9.79 Å². The third-order valence-corrected chi connectivity index (χ3v) is 1.62. The summed E-state index contributed by atoms with van der Waals surface area (Å²) in [6.45, 7) is 3.36. The Balaban J connectivity index is 3.63. The Hall–Kier alpha value is -0.650. The van der Waals surface area contributed by atoms with Crippen molar-refractivity contribution in [1.29, 1.82) is 5.26 Å². The smallest absolute Gasteiger partial charge is 0.347 e. The molecule has 0 rings (SSSR count). The van der Waals surface area contributed by atoms with Gasteiger partial charge >= 0.3 is 14.3 Å². The van der Waals surface area contributed by atoms with Crippen LogP contribution in [0, 0.1) is 11.1 Å². The second-order valence-electron chi connectivity index (χ2n) is 1.36. The number of carbonyl (C=O) groups excluding carboxylic acids is 1. The Kier molecular flexibility index (Phi) is 4.82. The van der Waals surface area contributed by atoms with E-state index in [0.717, 1.165) is 0 Å². The molecule has 0 saturated carbocycles. The Morgan fingerprint density at radius 3 is 2.70 bits per heavy atom. The van der Waals surface area contributed by atoms with E-state index >= 15 is 0 Å². The lowest BCUT2D eigenvalue weighted by molar-refractivity contribution is -0.131. The molecule has 4 nitrogen and oxygen atoms in total. The van der Waals surface area contributed by atoms with Crippen molar-refractivity contribution in [3.05, 3.63) is 0 Å². The van der Waals surface area contributed by atoms with Crippen molar-refractivity contribution in [2.45, 2.75) is 13.8 Å². The highest BCUT2D eigenvalue weighted by molar-refractivity contribution is 7.53. The van der Waals surface area contributed by atoms with E-state index in [1.165, 1.54) is 6.92 Å². The minimum Gasteiger partial charge on any atom is -0.405 e. The van der Waals surface area contributed by atoms with E-state index in [-0.39, 0.29) is 0 Å². The zero-order valence-electron chi connectivity index (χ0n) is 5.83. The zero-order valence-corrected chi connectivity index (χ0v) is 6.72. The van der Waals surface area contributed by atoms with Crippen LogP contribution in [0.3, 0.4) is 0 Å². The van der Waals surface area contributed by atoms with Crippen molar-refractivity contribution < 1.29 is 13.8 Å². The molecule has 1 atom stereocenters. The van der Waals surface area contributed by atoms with E-state index < -0.39 is 14.3 Å². The van der Waals surface area contributed by atoms with Gasteiger partial charge < -0.3 is 9.05 Å². The Morgan fingerprint density at radius 1 is 1.80 bits per heavy atom. The van der Waals surface area contributed by atoms with Gasteiger partial charge in [0.25, 0.3) is 0 Å². The number of carbonyl (C=O) groups is 1. The Bertz CT molecular complexity index is 153. The number of nitriles is 1. The van der Waals surface area contributed by atoms with Gasteiger partial charge in [0.05, 0.1) is 6.61 Å². The summed E-state index contributed by atoms with van der Waals surface area (Å²) in [6.07, 6.45) is 0. The maximum Gasteiger partial charge on any atom is 0.347 e. The van der Waals surface area contributed by atoms with Gasteiger partial charge in [0.2, 0.25) is 0 Å². The molecule has 0 N–H and O–H groups in total. The maximum atomic E-state index is 10.3. The second kappa shape index (κ2) is 5.16. The third kappa shape index (κ3) is 4.25. The third-order valence-electron chi connectivity index (χ3n) is 0.539. The minimum absolute atomic E-state index is 0.381. The van der Waals surface area contributed by atoms with Crippen LogP contribution in [0.1, 0.15) is 13.8 Å². The van der Waals surface area contributed by atoms with Gasteiger partial charge in [0.15, 0.2) is 5.81 Å². The van der Waals surface area contributed by atoms with Crippen LogP contribution in [-0.4, -0.2) is 12.6 Å². The first-order valence-corrected chi connectivity index (χ1v) is 3.89. The van der Waals surface area contributed by atoms with E-state index in [1.807, 2.05) is 0 Å². The summed E-state index contributed by atoms with van der Waals surface area (Å²) in [6, 6.07) is 0. The SMILES string of the molecule is CCOP(C#N)OC(C)=O. The molecule has 0 radical (unpaired) electrons. The summed E-state index contributed by atoms with van der Waals surface area (Å²) < 4.78 is 9.25. The van der Waals surface area contributed by atoms with Gasteiger partial charge in [-0.2, -0.15) is 5.26 Å². The summed E-state index contributed by atoms with van der Waals surface area (Å²) in [4.78, 5) is 10.3. The number of nitrogens with zero attached hydrogens (tertiary/aromatic N) is 1. The molecular weight excluding hydrogens is 153 g/mol. The average molecular weight is 161 g/mol.